The van der Waals surface area contributed by atoms with Crippen LogP contribution >= 0.6 is 0 Å². The smallest absolute Gasteiger partial charge is 0.326 e. The second-order valence-corrected chi connectivity index (χ2v) is 6.60. The molecule has 0 spiro atoms. The molecule has 1 aromatic heterocycles. The Morgan fingerprint density at radius 2 is 2.12 bits per heavy atom. The van der Waals surface area contributed by atoms with Crippen molar-refractivity contribution < 1.29 is 19.4 Å². The van der Waals surface area contributed by atoms with Crippen LogP contribution in [-0.4, -0.2) is 41.2 Å². The lowest BCUT2D eigenvalue weighted by molar-refractivity contribution is -0.142. The van der Waals surface area contributed by atoms with Crippen molar-refractivity contribution in [3.05, 3.63) is 53.9 Å². The van der Waals surface area contributed by atoms with E-state index in [1.165, 1.54) is 6.20 Å². The predicted molar refractivity (Wildman–Crippen MR) is 96.8 cm³/mol. The number of aromatic nitrogens is 1. The van der Waals surface area contributed by atoms with Gasteiger partial charge in [0, 0.05) is 30.5 Å². The lowest BCUT2D eigenvalue weighted by Crippen LogP contribution is -2.48. The van der Waals surface area contributed by atoms with E-state index in [4.69, 9.17) is 4.74 Å². The van der Waals surface area contributed by atoms with Gasteiger partial charge >= 0.3 is 5.97 Å². The number of hydrogen-bond donors (Lipinski definition) is 2. The summed E-state index contributed by atoms with van der Waals surface area (Å²) in [4.78, 5) is 28.3. The van der Waals surface area contributed by atoms with Gasteiger partial charge in [-0.05, 0) is 31.4 Å². The van der Waals surface area contributed by atoms with Crippen LogP contribution in [0.5, 0.6) is 0 Å². The lowest BCUT2D eigenvalue weighted by Gasteiger charge is -2.28. The molecular formula is C20H22N2O4. The average Bonchev–Trinajstić information content (AvgIpc) is 2.66. The first-order chi connectivity index (χ1) is 12.5. The van der Waals surface area contributed by atoms with E-state index < -0.39 is 17.9 Å². The predicted octanol–water partition coefficient (Wildman–Crippen LogP) is 2.67. The Morgan fingerprint density at radius 1 is 1.27 bits per heavy atom. The van der Waals surface area contributed by atoms with E-state index in [0.29, 0.717) is 18.8 Å². The van der Waals surface area contributed by atoms with Crippen molar-refractivity contribution in [1.29, 1.82) is 0 Å². The second-order valence-electron chi connectivity index (χ2n) is 6.60. The minimum atomic E-state index is -1.04. The minimum absolute atomic E-state index is 0.224. The molecule has 1 aliphatic heterocycles. The fourth-order valence-electron chi connectivity index (χ4n) is 3.18. The molecule has 0 radical (unpaired) electrons. The maximum absolute atomic E-state index is 12.6. The van der Waals surface area contributed by atoms with Crippen molar-refractivity contribution in [2.75, 3.05) is 13.2 Å². The number of hydrogen-bond acceptors (Lipinski definition) is 4. The summed E-state index contributed by atoms with van der Waals surface area (Å²) in [7, 11) is 0. The third-order valence-corrected chi connectivity index (χ3v) is 4.57. The van der Waals surface area contributed by atoms with Gasteiger partial charge in [0.1, 0.15) is 6.04 Å². The maximum Gasteiger partial charge on any atom is 0.326 e. The van der Waals surface area contributed by atoms with Crippen molar-refractivity contribution in [3.63, 3.8) is 0 Å². The first kappa shape index (κ1) is 18.1. The monoisotopic (exact) mass is 354 g/mol. The fraction of sp³-hybridized carbons (Fsp3) is 0.350. The number of nitrogens with zero attached hydrogens (tertiary/aromatic N) is 1. The summed E-state index contributed by atoms with van der Waals surface area (Å²) in [5, 5.41) is 12.1. The third-order valence-electron chi connectivity index (χ3n) is 4.57. The zero-order valence-electron chi connectivity index (χ0n) is 14.6. The van der Waals surface area contributed by atoms with E-state index in [9.17, 15) is 14.7 Å². The van der Waals surface area contributed by atoms with E-state index in [1.807, 2.05) is 31.2 Å². The maximum atomic E-state index is 12.6. The van der Waals surface area contributed by atoms with Gasteiger partial charge in [-0.15, -0.1) is 0 Å². The fourth-order valence-corrected chi connectivity index (χ4v) is 3.18. The van der Waals surface area contributed by atoms with E-state index in [0.717, 1.165) is 29.5 Å². The number of carboxylic acid groups (broad SMARTS) is 1. The molecule has 136 valence electrons. The Hall–Kier alpha value is -2.73. The molecular weight excluding hydrogens is 332 g/mol. The molecule has 1 saturated heterocycles. The molecule has 0 bridgehead atoms. The van der Waals surface area contributed by atoms with E-state index in [2.05, 4.69) is 10.3 Å². The number of amides is 1. The normalized spacial score (nSPS) is 18.1. The first-order valence-electron chi connectivity index (χ1n) is 8.68. The Labute approximate surface area is 152 Å². The Morgan fingerprint density at radius 3 is 2.81 bits per heavy atom. The summed E-state index contributed by atoms with van der Waals surface area (Å²) in [5.41, 5.74) is 3.23. The van der Waals surface area contributed by atoms with Gasteiger partial charge in [0.25, 0.3) is 5.91 Å². The van der Waals surface area contributed by atoms with Gasteiger partial charge in [0.2, 0.25) is 0 Å². The summed E-state index contributed by atoms with van der Waals surface area (Å²) in [6.07, 6.45) is 4.66. The van der Waals surface area contributed by atoms with E-state index in [1.54, 1.807) is 12.3 Å². The number of aryl methyl sites for hydroxylation is 1. The number of carboxylic acids is 1. The topological polar surface area (TPSA) is 88.5 Å². The molecule has 0 saturated carbocycles. The standard InChI is InChI=1S/C20H22N2O4/c1-13-4-2-5-14(8-13)16-9-17(11-21-10-16)19(23)22-18(20(24)25)15-6-3-7-26-12-15/h2,4-5,8-11,15,18H,3,6-7,12H2,1H3,(H,22,23)(H,24,25). The Balaban J connectivity index is 1.78. The Kier molecular flexibility index (Phi) is 5.63. The van der Waals surface area contributed by atoms with Crippen molar-refractivity contribution in [3.8, 4) is 11.1 Å². The van der Waals surface area contributed by atoms with Crippen LogP contribution < -0.4 is 5.32 Å². The van der Waals surface area contributed by atoms with E-state index in [-0.39, 0.29) is 5.92 Å². The summed E-state index contributed by atoms with van der Waals surface area (Å²) in [5.74, 6) is -1.71. The molecule has 6 nitrogen and oxygen atoms in total. The highest BCUT2D eigenvalue weighted by Crippen LogP contribution is 2.21. The lowest BCUT2D eigenvalue weighted by atomic mass is 9.93. The number of rotatable bonds is 5. The van der Waals surface area contributed by atoms with Gasteiger partial charge in [-0.2, -0.15) is 0 Å². The summed E-state index contributed by atoms with van der Waals surface area (Å²) >= 11 is 0. The molecule has 2 unspecified atom stereocenters. The van der Waals surface area contributed by atoms with Crippen LogP contribution in [-0.2, 0) is 9.53 Å². The van der Waals surface area contributed by atoms with Crippen LogP contribution in [0.15, 0.2) is 42.7 Å². The molecule has 1 aromatic carbocycles. The zero-order chi connectivity index (χ0) is 18.5. The second kappa shape index (κ2) is 8.10. The van der Waals surface area contributed by atoms with Crippen molar-refractivity contribution in [1.82, 2.24) is 10.3 Å². The molecule has 1 aliphatic rings. The SMILES string of the molecule is Cc1cccc(-c2cncc(C(=O)NC(C(=O)O)C3CCCOC3)c2)c1. The number of aliphatic carboxylic acids is 1. The first-order valence-corrected chi connectivity index (χ1v) is 8.68. The highest BCUT2D eigenvalue weighted by Gasteiger charge is 2.31. The van der Waals surface area contributed by atoms with Crippen LogP contribution in [0, 0.1) is 12.8 Å². The van der Waals surface area contributed by atoms with Gasteiger partial charge in [-0.25, -0.2) is 4.79 Å². The number of pyridine rings is 1. The summed E-state index contributed by atoms with van der Waals surface area (Å²) in [6, 6.07) is 8.67. The van der Waals surface area contributed by atoms with Gasteiger partial charge in [0.05, 0.1) is 12.2 Å². The number of carbonyl (C=O) groups is 2. The van der Waals surface area contributed by atoms with Gasteiger partial charge in [0.15, 0.2) is 0 Å². The highest BCUT2D eigenvalue weighted by molar-refractivity contribution is 5.97. The molecule has 2 N–H and O–H groups in total. The van der Waals surface area contributed by atoms with Crippen molar-refractivity contribution >= 4 is 11.9 Å². The van der Waals surface area contributed by atoms with Crippen molar-refractivity contribution in [2.24, 2.45) is 5.92 Å². The molecule has 2 heterocycles. The van der Waals surface area contributed by atoms with Gasteiger partial charge in [-0.1, -0.05) is 29.8 Å². The highest BCUT2D eigenvalue weighted by atomic mass is 16.5. The van der Waals surface area contributed by atoms with Gasteiger partial charge < -0.3 is 15.2 Å². The Bertz CT molecular complexity index is 800. The van der Waals surface area contributed by atoms with Crippen LogP contribution in [0.25, 0.3) is 11.1 Å². The molecule has 1 fully saturated rings. The van der Waals surface area contributed by atoms with Crippen molar-refractivity contribution in [2.45, 2.75) is 25.8 Å². The quantitative estimate of drug-likeness (QED) is 0.862. The molecule has 0 aliphatic carbocycles. The third kappa shape index (κ3) is 4.26. The molecule has 1 amide bonds. The molecule has 26 heavy (non-hydrogen) atoms. The number of benzene rings is 1. The molecule has 3 rings (SSSR count). The number of nitrogens with one attached hydrogen (secondary N) is 1. The van der Waals surface area contributed by atoms with Gasteiger partial charge in [-0.3, -0.25) is 9.78 Å². The molecule has 2 atom stereocenters. The van der Waals surface area contributed by atoms with Crippen LogP contribution in [0.2, 0.25) is 0 Å². The zero-order valence-corrected chi connectivity index (χ0v) is 14.6. The average molecular weight is 354 g/mol. The molecule has 2 aromatic rings. The van der Waals surface area contributed by atoms with Crippen LogP contribution in [0.1, 0.15) is 28.8 Å². The number of carbonyl (C=O) groups excluding carboxylic acids is 1. The van der Waals surface area contributed by atoms with Crippen LogP contribution in [0.4, 0.5) is 0 Å². The van der Waals surface area contributed by atoms with Crippen LogP contribution in [0.3, 0.4) is 0 Å². The summed E-state index contributed by atoms with van der Waals surface area (Å²) < 4.78 is 5.36. The largest absolute Gasteiger partial charge is 0.480 e. The summed E-state index contributed by atoms with van der Waals surface area (Å²) in [6.45, 7) is 2.98. The van der Waals surface area contributed by atoms with E-state index >= 15 is 0 Å². The molecule has 6 heteroatoms. The minimum Gasteiger partial charge on any atom is -0.480 e. The number of ether oxygens (including phenoxy) is 1.